The summed E-state index contributed by atoms with van der Waals surface area (Å²) in [6, 6.07) is 99.6. The molecule has 11 aromatic carbocycles. The molecule has 0 amide bonds. The van der Waals surface area contributed by atoms with Crippen LogP contribution in [0, 0.1) is 0 Å². The zero-order chi connectivity index (χ0) is 46.0. The molecule has 0 unspecified atom stereocenters. The van der Waals surface area contributed by atoms with E-state index in [4.69, 9.17) is 0 Å². The van der Waals surface area contributed by atoms with Gasteiger partial charge in [-0.3, -0.25) is 0 Å². The van der Waals surface area contributed by atoms with Crippen molar-refractivity contribution in [3.63, 3.8) is 0 Å². The molecule has 0 saturated heterocycles. The second-order valence-corrected chi connectivity index (χ2v) is 19.1. The third-order valence-corrected chi connectivity index (χ3v) is 15.9. The Morgan fingerprint density at radius 2 is 0.614 bits per heavy atom. The van der Waals surface area contributed by atoms with Crippen LogP contribution in [0.2, 0.25) is 0 Å². The number of fused-ring (bicyclic) bond motifs is 16. The van der Waals surface area contributed by atoms with E-state index in [9.17, 15) is 0 Å². The first-order valence-corrected chi connectivity index (χ1v) is 24.4. The maximum Gasteiger partial charge on any atom is 0.0725 e. The van der Waals surface area contributed by atoms with Gasteiger partial charge in [-0.05, 0) is 139 Å². The Kier molecular flexibility index (Phi) is 8.24. The van der Waals surface area contributed by atoms with E-state index in [2.05, 4.69) is 276 Å². The fraction of sp³-hybridized carbons (Fsp3) is 0.0294. The zero-order valence-electron chi connectivity index (χ0n) is 38.3. The predicted octanol–water partition coefficient (Wildman–Crippen LogP) is 17.0. The van der Waals surface area contributed by atoms with Crippen molar-refractivity contribution in [1.82, 2.24) is 4.57 Å². The van der Waals surface area contributed by atoms with Crippen LogP contribution in [0.15, 0.2) is 267 Å². The van der Waals surface area contributed by atoms with Gasteiger partial charge in [-0.1, -0.05) is 206 Å². The monoisotopic (exact) mass is 888 g/mol. The molecule has 3 aliphatic carbocycles. The standard InChI is InChI=1S/C68H44N2/c1-2-18-45(19-3-1)67(59-27-11-4-20-51(59)52-21-5-12-28-60(52)67)46-34-36-47(37-35-46)69(48-38-40-49(41-39-48)70-65-32-16-9-25-56(65)57-26-10-17-33-66(57)70)50-42-43-64-58(44-50)55-24-8-15-31-63(55)68(64)61-29-13-6-22-53(61)54-23-7-14-30-62(54)68/h1-44H. The van der Waals surface area contributed by atoms with E-state index in [0.717, 1.165) is 22.7 Å². The summed E-state index contributed by atoms with van der Waals surface area (Å²) in [4.78, 5) is 2.45. The molecule has 326 valence electrons. The number of hydrogen-bond donors (Lipinski definition) is 0. The van der Waals surface area contributed by atoms with E-state index in [1.165, 1.54) is 99.7 Å². The van der Waals surface area contributed by atoms with E-state index in [-0.39, 0.29) is 0 Å². The summed E-state index contributed by atoms with van der Waals surface area (Å²) < 4.78 is 2.40. The normalized spacial score (nSPS) is 13.9. The van der Waals surface area contributed by atoms with Crippen molar-refractivity contribution in [2.24, 2.45) is 0 Å². The first-order chi connectivity index (χ1) is 34.7. The van der Waals surface area contributed by atoms with Crippen LogP contribution in [0.5, 0.6) is 0 Å². The highest BCUT2D eigenvalue weighted by atomic mass is 15.1. The number of nitrogens with zero attached hydrogens (tertiary/aromatic N) is 2. The maximum absolute atomic E-state index is 2.45. The van der Waals surface area contributed by atoms with Crippen molar-refractivity contribution >= 4 is 38.9 Å². The van der Waals surface area contributed by atoms with Gasteiger partial charge in [0.1, 0.15) is 0 Å². The average molecular weight is 889 g/mol. The minimum absolute atomic E-state index is 0.409. The van der Waals surface area contributed by atoms with Gasteiger partial charge in [0.2, 0.25) is 0 Å². The Hall–Kier alpha value is -8.98. The van der Waals surface area contributed by atoms with Crippen molar-refractivity contribution in [3.8, 4) is 39.1 Å². The van der Waals surface area contributed by atoms with Gasteiger partial charge in [0.25, 0.3) is 0 Å². The third-order valence-electron chi connectivity index (χ3n) is 15.9. The Morgan fingerprint density at radius 1 is 0.257 bits per heavy atom. The summed E-state index contributed by atoms with van der Waals surface area (Å²) in [6.45, 7) is 0. The van der Waals surface area contributed by atoms with Crippen LogP contribution in [0.4, 0.5) is 17.1 Å². The van der Waals surface area contributed by atoms with E-state index in [0.29, 0.717) is 0 Å². The highest BCUT2D eigenvalue weighted by Gasteiger charge is 2.52. The first kappa shape index (κ1) is 39.1. The van der Waals surface area contributed by atoms with Crippen molar-refractivity contribution in [2.45, 2.75) is 10.8 Å². The lowest BCUT2D eigenvalue weighted by atomic mass is 9.68. The molecule has 0 bridgehead atoms. The molecule has 1 aromatic heterocycles. The fourth-order valence-corrected chi connectivity index (χ4v) is 13.2. The molecule has 0 radical (unpaired) electrons. The molecule has 15 rings (SSSR count). The van der Waals surface area contributed by atoms with Gasteiger partial charge >= 0.3 is 0 Å². The quantitative estimate of drug-likeness (QED) is 0.161. The predicted molar refractivity (Wildman–Crippen MR) is 289 cm³/mol. The number of hydrogen-bond acceptors (Lipinski definition) is 1. The van der Waals surface area contributed by atoms with Gasteiger partial charge in [-0.25, -0.2) is 0 Å². The van der Waals surface area contributed by atoms with Crippen LogP contribution in [0.1, 0.15) is 44.5 Å². The Balaban J connectivity index is 0.936. The van der Waals surface area contributed by atoms with Gasteiger partial charge in [0.05, 0.1) is 21.9 Å². The highest BCUT2D eigenvalue weighted by Crippen LogP contribution is 2.63. The van der Waals surface area contributed by atoms with Gasteiger partial charge in [-0.2, -0.15) is 0 Å². The molecule has 1 spiro atoms. The molecule has 12 aromatic rings. The largest absolute Gasteiger partial charge is 0.310 e. The number of anilines is 3. The maximum atomic E-state index is 2.45. The van der Waals surface area contributed by atoms with E-state index in [1.807, 2.05) is 0 Å². The van der Waals surface area contributed by atoms with Crippen LogP contribution in [-0.2, 0) is 10.8 Å². The number of para-hydroxylation sites is 2. The van der Waals surface area contributed by atoms with Gasteiger partial charge in [0.15, 0.2) is 0 Å². The molecule has 70 heavy (non-hydrogen) atoms. The fourth-order valence-electron chi connectivity index (χ4n) is 13.2. The third kappa shape index (κ3) is 5.12. The number of rotatable bonds is 6. The number of benzene rings is 11. The number of aromatic nitrogens is 1. The van der Waals surface area contributed by atoms with Crippen molar-refractivity contribution in [3.05, 3.63) is 311 Å². The highest BCUT2D eigenvalue weighted by molar-refractivity contribution is 6.09. The minimum atomic E-state index is -0.485. The van der Waals surface area contributed by atoms with E-state index < -0.39 is 10.8 Å². The smallest absolute Gasteiger partial charge is 0.0725 e. The van der Waals surface area contributed by atoms with E-state index in [1.54, 1.807) is 0 Å². The first-order valence-electron chi connectivity index (χ1n) is 24.4. The summed E-state index contributed by atoms with van der Waals surface area (Å²) in [6.07, 6.45) is 0. The lowest BCUT2D eigenvalue weighted by Gasteiger charge is -2.34. The molecule has 3 aliphatic rings. The molecule has 2 nitrogen and oxygen atoms in total. The van der Waals surface area contributed by atoms with Crippen LogP contribution in [0.3, 0.4) is 0 Å². The van der Waals surface area contributed by atoms with Gasteiger partial charge in [-0.15, -0.1) is 0 Å². The Bertz CT molecular complexity index is 3920. The summed E-state index contributed by atoms with van der Waals surface area (Å²) in [7, 11) is 0. The lowest BCUT2D eigenvalue weighted by Crippen LogP contribution is -2.28. The van der Waals surface area contributed by atoms with Crippen LogP contribution < -0.4 is 4.90 Å². The summed E-state index contributed by atoms with van der Waals surface area (Å²) in [5.41, 5.74) is 24.2. The molecule has 1 heterocycles. The molecule has 0 atom stereocenters. The SMILES string of the molecule is c1ccc(C2(c3ccc(N(c4ccc(-n5c6ccccc6c6ccccc65)cc4)c4ccc5c(c4)-c4ccccc4C54c5ccccc5-c5ccccc54)cc3)c3ccccc3-c3ccccc32)cc1. The summed E-state index contributed by atoms with van der Waals surface area (Å²) >= 11 is 0. The Morgan fingerprint density at radius 3 is 1.11 bits per heavy atom. The van der Waals surface area contributed by atoms with Gasteiger partial charge in [0, 0.05) is 33.5 Å². The van der Waals surface area contributed by atoms with Crippen LogP contribution in [0.25, 0.3) is 60.9 Å². The topological polar surface area (TPSA) is 8.17 Å². The van der Waals surface area contributed by atoms with Crippen molar-refractivity contribution in [2.75, 3.05) is 4.90 Å². The minimum Gasteiger partial charge on any atom is -0.310 e. The van der Waals surface area contributed by atoms with Crippen LogP contribution in [-0.4, -0.2) is 4.57 Å². The molecule has 2 heteroatoms. The average Bonchev–Trinajstić information content (AvgIpc) is 4.13. The summed E-state index contributed by atoms with van der Waals surface area (Å²) in [5.74, 6) is 0. The lowest BCUT2D eigenvalue weighted by molar-refractivity contribution is 0.768. The van der Waals surface area contributed by atoms with Crippen LogP contribution >= 0.6 is 0 Å². The van der Waals surface area contributed by atoms with Crippen molar-refractivity contribution in [1.29, 1.82) is 0 Å². The molecule has 0 fully saturated rings. The van der Waals surface area contributed by atoms with Gasteiger partial charge < -0.3 is 9.47 Å². The molecule has 0 N–H and O–H groups in total. The second-order valence-electron chi connectivity index (χ2n) is 19.1. The summed E-state index contributed by atoms with van der Waals surface area (Å²) in [5, 5.41) is 2.52. The van der Waals surface area contributed by atoms with Crippen molar-refractivity contribution < 1.29 is 0 Å². The zero-order valence-corrected chi connectivity index (χ0v) is 38.3. The molecule has 0 aliphatic heterocycles. The Labute approximate surface area is 407 Å². The molecular weight excluding hydrogens is 845 g/mol. The molecular formula is C68H44N2. The second kappa shape index (κ2) is 14.8. The molecule has 0 saturated carbocycles. The van der Waals surface area contributed by atoms with E-state index >= 15 is 0 Å².